The average Bonchev–Trinajstić information content (AvgIpc) is 2.87. The Kier molecular flexibility index (Phi) is 3.39. The van der Waals surface area contributed by atoms with Crippen LogP contribution in [0.1, 0.15) is 22.3 Å². The van der Waals surface area contributed by atoms with Crippen LogP contribution in [-0.4, -0.2) is 18.1 Å². The van der Waals surface area contributed by atoms with Gasteiger partial charge in [0, 0.05) is 23.9 Å². The van der Waals surface area contributed by atoms with Crippen LogP contribution in [0.5, 0.6) is 5.75 Å². The van der Waals surface area contributed by atoms with Crippen molar-refractivity contribution in [2.24, 2.45) is 0 Å². The van der Waals surface area contributed by atoms with Gasteiger partial charge in [0.25, 0.3) is 0 Å². The Morgan fingerprint density at radius 3 is 2.32 bits per heavy atom. The van der Waals surface area contributed by atoms with Gasteiger partial charge in [-0.15, -0.1) is 0 Å². The maximum Gasteiger partial charge on any atom is 0.246 e. The number of rotatable bonds is 2. The van der Waals surface area contributed by atoms with Gasteiger partial charge in [-0.05, 0) is 24.6 Å². The molecular formula is C22H19NO2. The number of phenolic OH excluding ortho intramolecular Hbond substituents is 1. The van der Waals surface area contributed by atoms with Crippen molar-refractivity contribution in [1.29, 1.82) is 0 Å². The Balaban J connectivity index is 2.16. The zero-order valence-corrected chi connectivity index (χ0v) is 14.2. The fourth-order valence-electron chi connectivity index (χ4n) is 3.89. The van der Waals surface area contributed by atoms with E-state index in [1.165, 1.54) is 0 Å². The van der Waals surface area contributed by atoms with Crippen LogP contribution in [0.25, 0.3) is 0 Å². The van der Waals surface area contributed by atoms with Crippen molar-refractivity contribution in [3.8, 4) is 5.75 Å². The first-order valence-electron chi connectivity index (χ1n) is 8.30. The number of benzene rings is 3. The highest BCUT2D eigenvalue weighted by molar-refractivity contribution is 6.13. The number of anilines is 1. The lowest BCUT2D eigenvalue weighted by Gasteiger charge is -2.30. The molecule has 1 atom stereocenters. The molecule has 3 heteroatoms. The first kappa shape index (κ1) is 15.5. The lowest BCUT2D eigenvalue weighted by Crippen LogP contribution is -2.40. The number of likely N-dealkylation sites (N-methyl/N-ethyl adjacent to an activating group) is 1. The Labute approximate surface area is 147 Å². The Hall–Kier alpha value is -3.07. The number of nitrogens with zero attached hydrogens (tertiary/aromatic N) is 1. The van der Waals surface area contributed by atoms with Crippen molar-refractivity contribution in [3.05, 3.63) is 95.1 Å². The second kappa shape index (κ2) is 5.49. The van der Waals surface area contributed by atoms with Gasteiger partial charge in [0.2, 0.25) is 5.91 Å². The van der Waals surface area contributed by atoms with E-state index in [1.807, 2.05) is 73.7 Å². The highest BCUT2D eigenvalue weighted by Gasteiger charge is 2.53. The highest BCUT2D eigenvalue weighted by atomic mass is 16.3. The first-order valence-corrected chi connectivity index (χ1v) is 8.30. The summed E-state index contributed by atoms with van der Waals surface area (Å²) in [4.78, 5) is 15.2. The molecule has 3 aromatic rings. The summed E-state index contributed by atoms with van der Waals surface area (Å²) in [5.74, 6) is 0.0775. The van der Waals surface area contributed by atoms with E-state index in [9.17, 15) is 9.90 Å². The quantitative estimate of drug-likeness (QED) is 0.772. The van der Waals surface area contributed by atoms with Crippen LogP contribution in [0, 0.1) is 6.92 Å². The standard InChI is InChI=1S/C22H19NO2/c1-15-12-13-20(24)18(14-15)22(16-8-4-3-5-9-16)17-10-6-7-11-19(17)23(2)21(22)25/h3-14,24H,1-2H3/t22-/m0/s1. The minimum Gasteiger partial charge on any atom is -0.508 e. The largest absolute Gasteiger partial charge is 0.508 e. The number of para-hydroxylation sites is 1. The van der Waals surface area contributed by atoms with Crippen LogP contribution in [0.15, 0.2) is 72.8 Å². The Morgan fingerprint density at radius 2 is 1.56 bits per heavy atom. The minimum absolute atomic E-state index is 0.0548. The molecule has 1 heterocycles. The molecule has 1 amide bonds. The predicted molar refractivity (Wildman–Crippen MR) is 99.0 cm³/mol. The number of carbonyl (C=O) groups excluding carboxylic acids is 1. The molecule has 1 N–H and O–H groups in total. The molecule has 3 aromatic carbocycles. The fraction of sp³-hybridized carbons (Fsp3) is 0.136. The third-order valence-electron chi connectivity index (χ3n) is 5.06. The molecule has 1 aliphatic heterocycles. The summed E-state index contributed by atoms with van der Waals surface area (Å²) in [5, 5.41) is 10.7. The van der Waals surface area contributed by atoms with Crippen molar-refractivity contribution >= 4 is 11.6 Å². The zero-order valence-electron chi connectivity index (χ0n) is 14.2. The summed E-state index contributed by atoms with van der Waals surface area (Å²) in [6.07, 6.45) is 0. The SMILES string of the molecule is Cc1ccc(O)c([C@@]2(c3ccccc3)C(=O)N(C)c3ccccc32)c1. The molecule has 124 valence electrons. The van der Waals surface area contributed by atoms with Gasteiger partial charge in [-0.2, -0.15) is 0 Å². The predicted octanol–water partition coefficient (Wildman–Crippen LogP) is 4.01. The van der Waals surface area contributed by atoms with Gasteiger partial charge in [-0.25, -0.2) is 0 Å². The molecule has 0 unspecified atom stereocenters. The third kappa shape index (κ3) is 2.02. The molecular weight excluding hydrogens is 310 g/mol. The second-order valence-corrected chi connectivity index (χ2v) is 6.52. The monoisotopic (exact) mass is 329 g/mol. The van der Waals surface area contributed by atoms with Crippen LogP contribution < -0.4 is 4.90 Å². The maximum atomic E-state index is 13.6. The number of amides is 1. The molecule has 0 radical (unpaired) electrons. The van der Waals surface area contributed by atoms with E-state index < -0.39 is 5.41 Å². The van der Waals surface area contributed by atoms with E-state index in [2.05, 4.69) is 0 Å². The summed E-state index contributed by atoms with van der Waals surface area (Å²) >= 11 is 0. The number of carbonyl (C=O) groups is 1. The topological polar surface area (TPSA) is 40.5 Å². The molecule has 0 aromatic heterocycles. The normalized spacial score (nSPS) is 19.1. The number of fused-ring (bicyclic) bond motifs is 1. The lowest BCUT2D eigenvalue weighted by atomic mass is 9.69. The zero-order chi connectivity index (χ0) is 17.6. The van der Waals surface area contributed by atoms with Gasteiger partial charge in [0.05, 0.1) is 0 Å². The number of aromatic hydroxyl groups is 1. The summed E-state index contributed by atoms with van der Waals surface area (Å²) in [5.41, 5.74) is 3.22. The molecule has 3 nitrogen and oxygen atoms in total. The van der Waals surface area contributed by atoms with E-state index in [-0.39, 0.29) is 11.7 Å². The first-order chi connectivity index (χ1) is 12.1. The van der Waals surface area contributed by atoms with Crippen LogP contribution in [0.3, 0.4) is 0 Å². The summed E-state index contributed by atoms with van der Waals surface area (Å²) < 4.78 is 0. The van der Waals surface area contributed by atoms with Crippen molar-refractivity contribution in [3.63, 3.8) is 0 Å². The van der Waals surface area contributed by atoms with Crippen molar-refractivity contribution < 1.29 is 9.90 Å². The molecule has 4 rings (SSSR count). The van der Waals surface area contributed by atoms with E-state index in [0.29, 0.717) is 5.56 Å². The van der Waals surface area contributed by atoms with E-state index in [4.69, 9.17) is 0 Å². The van der Waals surface area contributed by atoms with Crippen LogP contribution in [0.4, 0.5) is 5.69 Å². The van der Waals surface area contributed by atoms with Crippen LogP contribution >= 0.6 is 0 Å². The van der Waals surface area contributed by atoms with Gasteiger partial charge in [-0.1, -0.05) is 66.2 Å². The van der Waals surface area contributed by atoms with Crippen LogP contribution in [0.2, 0.25) is 0 Å². The molecule has 0 spiro atoms. The Morgan fingerprint density at radius 1 is 0.880 bits per heavy atom. The van der Waals surface area contributed by atoms with Crippen molar-refractivity contribution in [2.75, 3.05) is 11.9 Å². The third-order valence-corrected chi connectivity index (χ3v) is 5.06. The van der Waals surface area contributed by atoms with Gasteiger partial charge in [-0.3, -0.25) is 4.79 Å². The molecule has 0 fully saturated rings. The van der Waals surface area contributed by atoms with Crippen molar-refractivity contribution in [2.45, 2.75) is 12.3 Å². The van der Waals surface area contributed by atoms with Gasteiger partial charge in [0.1, 0.15) is 11.2 Å². The highest BCUT2D eigenvalue weighted by Crippen LogP contribution is 2.51. The number of aryl methyl sites for hydroxylation is 1. The number of hydrogen-bond donors (Lipinski definition) is 1. The minimum atomic E-state index is -1.04. The van der Waals surface area contributed by atoms with E-state index in [1.54, 1.807) is 18.0 Å². The smallest absolute Gasteiger partial charge is 0.246 e. The molecule has 0 saturated carbocycles. The summed E-state index contributed by atoms with van der Waals surface area (Å²) in [6.45, 7) is 1.97. The van der Waals surface area contributed by atoms with Gasteiger partial charge >= 0.3 is 0 Å². The molecule has 0 bridgehead atoms. The summed E-state index contributed by atoms with van der Waals surface area (Å²) in [6, 6.07) is 22.9. The average molecular weight is 329 g/mol. The molecule has 0 saturated heterocycles. The molecule has 25 heavy (non-hydrogen) atoms. The maximum absolute atomic E-state index is 13.6. The van der Waals surface area contributed by atoms with E-state index in [0.717, 1.165) is 22.4 Å². The fourth-order valence-corrected chi connectivity index (χ4v) is 3.89. The van der Waals surface area contributed by atoms with E-state index >= 15 is 0 Å². The second-order valence-electron chi connectivity index (χ2n) is 6.52. The van der Waals surface area contributed by atoms with Crippen LogP contribution in [-0.2, 0) is 10.2 Å². The Bertz CT molecular complexity index is 965. The number of phenols is 1. The number of hydrogen-bond acceptors (Lipinski definition) is 2. The molecule has 1 aliphatic rings. The van der Waals surface area contributed by atoms with Gasteiger partial charge < -0.3 is 10.0 Å². The van der Waals surface area contributed by atoms with Crippen molar-refractivity contribution in [1.82, 2.24) is 0 Å². The molecule has 0 aliphatic carbocycles. The summed E-state index contributed by atoms with van der Waals surface area (Å²) in [7, 11) is 1.79. The van der Waals surface area contributed by atoms with Gasteiger partial charge in [0.15, 0.2) is 0 Å². The lowest BCUT2D eigenvalue weighted by molar-refractivity contribution is -0.120.